The summed E-state index contributed by atoms with van der Waals surface area (Å²) in [6.07, 6.45) is 7.76. The highest BCUT2D eigenvalue weighted by molar-refractivity contribution is 5.83. The molecule has 1 saturated carbocycles. The Labute approximate surface area is 121 Å². The maximum absolute atomic E-state index is 12.8. The Morgan fingerprint density at radius 2 is 1.95 bits per heavy atom. The first-order valence-electron chi connectivity index (χ1n) is 8.43. The van der Waals surface area contributed by atoms with Crippen LogP contribution in [0.3, 0.4) is 0 Å². The van der Waals surface area contributed by atoms with Crippen LogP contribution >= 0.6 is 0 Å². The van der Waals surface area contributed by atoms with Gasteiger partial charge in [0.1, 0.15) is 0 Å². The molecule has 2 atom stereocenters. The van der Waals surface area contributed by atoms with Crippen molar-refractivity contribution in [2.45, 2.75) is 50.6 Å². The number of amides is 1. The van der Waals surface area contributed by atoms with Gasteiger partial charge in [-0.1, -0.05) is 12.8 Å². The van der Waals surface area contributed by atoms with Crippen molar-refractivity contribution in [2.24, 2.45) is 11.8 Å². The van der Waals surface area contributed by atoms with Crippen LogP contribution in [0.2, 0.25) is 0 Å². The van der Waals surface area contributed by atoms with Gasteiger partial charge in [-0.05, 0) is 44.1 Å². The molecule has 20 heavy (non-hydrogen) atoms. The summed E-state index contributed by atoms with van der Waals surface area (Å²) in [5, 5.41) is 0. The highest BCUT2D eigenvalue weighted by atomic mass is 16.5. The number of hydrogen-bond acceptors (Lipinski definition) is 3. The molecule has 0 N–H and O–H groups in total. The van der Waals surface area contributed by atoms with Crippen molar-refractivity contribution >= 4 is 5.91 Å². The summed E-state index contributed by atoms with van der Waals surface area (Å²) in [5.41, 5.74) is 0. The molecule has 0 aromatic carbocycles. The molecule has 2 bridgehead atoms. The first-order valence-corrected chi connectivity index (χ1v) is 8.43. The van der Waals surface area contributed by atoms with Crippen LogP contribution in [0, 0.1) is 11.8 Å². The molecule has 3 heterocycles. The number of ether oxygens (including phenoxy) is 1. The van der Waals surface area contributed by atoms with Gasteiger partial charge in [-0.3, -0.25) is 9.69 Å². The third-order valence-corrected chi connectivity index (χ3v) is 5.87. The van der Waals surface area contributed by atoms with E-state index in [1.54, 1.807) is 0 Å². The maximum atomic E-state index is 12.8. The second-order valence-electron chi connectivity index (χ2n) is 7.23. The van der Waals surface area contributed by atoms with Crippen LogP contribution in [0.4, 0.5) is 0 Å². The molecule has 0 unspecified atom stereocenters. The molecule has 0 aromatic rings. The SMILES string of the molecule is O=C1[C@H]2C[C@H](CCN2C2COC2)CN1CC1CCCC1. The third-order valence-electron chi connectivity index (χ3n) is 5.87. The summed E-state index contributed by atoms with van der Waals surface area (Å²) in [6, 6.07) is 0.675. The van der Waals surface area contributed by atoms with Crippen molar-refractivity contribution in [1.29, 1.82) is 0 Å². The predicted octanol–water partition coefficient (Wildman–Crippen LogP) is 1.50. The van der Waals surface area contributed by atoms with Crippen molar-refractivity contribution in [3.05, 3.63) is 0 Å². The van der Waals surface area contributed by atoms with Gasteiger partial charge in [-0.25, -0.2) is 0 Å². The molecule has 3 aliphatic heterocycles. The highest BCUT2D eigenvalue weighted by Crippen LogP contribution is 2.34. The van der Waals surface area contributed by atoms with Gasteiger partial charge in [0.2, 0.25) is 5.91 Å². The summed E-state index contributed by atoms with van der Waals surface area (Å²) in [7, 11) is 0. The molecule has 3 saturated heterocycles. The van der Waals surface area contributed by atoms with E-state index in [1.165, 1.54) is 32.1 Å². The fourth-order valence-corrected chi connectivity index (χ4v) is 4.60. The quantitative estimate of drug-likeness (QED) is 0.784. The number of nitrogens with zero attached hydrogens (tertiary/aromatic N) is 2. The van der Waals surface area contributed by atoms with E-state index in [0.29, 0.717) is 11.9 Å². The van der Waals surface area contributed by atoms with Crippen LogP contribution in [0.5, 0.6) is 0 Å². The van der Waals surface area contributed by atoms with Crippen LogP contribution in [-0.2, 0) is 9.53 Å². The van der Waals surface area contributed by atoms with Gasteiger partial charge in [0.25, 0.3) is 0 Å². The van der Waals surface area contributed by atoms with E-state index in [9.17, 15) is 4.79 Å². The molecule has 4 fully saturated rings. The first-order chi connectivity index (χ1) is 9.81. The van der Waals surface area contributed by atoms with Crippen LogP contribution < -0.4 is 0 Å². The van der Waals surface area contributed by atoms with Gasteiger partial charge in [-0.15, -0.1) is 0 Å². The minimum absolute atomic E-state index is 0.165. The topological polar surface area (TPSA) is 32.8 Å². The molecule has 0 aromatic heterocycles. The molecule has 4 heteroatoms. The van der Waals surface area contributed by atoms with Crippen molar-refractivity contribution in [3.8, 4) is 0 Å². The fourth-order valence-electron chi connectivity index (χ4n) is 4.60. The average molecular weight is 278 g/mol. The lowest BCUT2D eigenvalue weighted by Crippen LogP contribution is -2.64. The minimum atomic E-state index is 0.165. The van der Waals surface area contributed by atoms with E-state index in [-0.39, 0.29) is 6.04 Å². The van der Waals surface area contributed by atoms with Crippen molar-refractivity contribution in [1.82, 2.24) is 9.80 Å². The zero-order chi connectivity index (χ0) is 13.5. The summed E-state index contributed by atoms with van der Waals surface area (Å²) in [5.74, 6) is 1.94. The maximum Gasteiger partial charge on any atom is 0.239 e. The standard InChI is InChI=1S/C16H26N2O2/c19-16-15-7-13(5-6-18(15)14-10-20-11-14)9-17(16)8-12-3-1-2-4-12/h12-15H,1-11H2/t13-,15+/m0/s1. The number of piperidine rings is 2. The molecule has 0 spiro atoms. The molecule has 4 rings (SSSR count). The highest BCUT2D eigenvalue weighted by Gasteiger charge is 2.45. The summed E-state index contributed by atoms with van der Waals surface area (Å²) in [4.78, 5) is 17.5. The molecule has 0 radical (unpaired) electrons. The Morgan fingerprint density at radius 3 is 2.65 bits per heavy atom. The van der Waals surface area contributed by atoms with Gasteiger partial charge >= 0.3 is 0 Å². The van der Waals surface area contributed by atoms with Crippen LogP contribution in [0.1, 0.15) is 38.5 Å². The molecule has 4 nitrogen and oxygen atoms in total. The number of carbonyl (C=O) groups excluding carboxylic acids is 1. The Balaban J connectivity index is 1.45. The van der Waals surface area contributed by atoms with Crippen molar-refractivity contribution < 1.29 is 9.53 Å². The molecule has 1 aliphatic carbocycles. The van der Waals surface area contributed by atoms with Gasteiger partial charge in [0, 0.05) is 13.1 Å². The fraction of sp³-hybridized carbons (Fsp3) is 0.938. The number of likely N-dealkylation sites (tertiary alicyclic amines) is 2. The summed E-state index contributed by atoms with van der Waals surface area (Å²) in [6.45, 7) is 4.82. The van der Waals surface area contributed by atoms with E-state index < -0.39 is 0 Å². The second kappa shape index (κ2) is 5.30. The Kier molecular flexibility index (Phi) is 3.47. The van der Waals surface area contributed by atoms with E-state index in [1.807, 2.05) is 0 Å². The van der Waals surface area contributed by atoms with E-state index in [4.69, 9.17) is 4.74 Å². The number of hydrogen-bond donors (Lipinski definition) is 0. The number of carbonyl (C=O) groups is 1. The Morgan fingerprint density at radius 1 is 1.15 bits per heavy atom. The Bertz CT molecular complexity index is 377. The van der Waals surface area contributed by atoms with Crippen LogP contribution in [-0.4, -0.2) is 60.6 Å². The zero-order valence-electron chi connectivity index (χ0n) is 12.3. The predicted molar refractivity (Wildman–Crippen MR) is 76.4 cm³/mol. The minimum Gasteiger partial charge on any atom is -0.378 e. The van der Waals surface area contributed by atoms with E-state index in [0.717, 1.165) is 51.1 Å². The largest absolute Gasteiger partial charge is 0.378 e. The summed E-state index contributed by atoms with van der Waals surface area (Å²) >= 11 is 0. The first kappa shape index (κ1) is 13.1. The normalized spacial score (nSPS) is 36.4. The van der Waals surface area contributed by atoms with E-state index in [2.05, 4.69) is 9.80 Å². The molecule has 4 aliphatic rings. The lowest BCUT2D eigenvalue weighted by Gasteiger charge is -2.51. The Hall–Kier alpha value is -0.610. The number of fused-ring (bicyclic) bond motifs is 2. The zero-order valence-corrected chi connectivity index (χ0v) is 12.3. The van der Waals surface area contributed by atoms with Crippen LogP contribution in [0.25, 0.3) is 0 Å². The molecule has 112 valence electrons. The third kappa shape index (κ3) is 2.27. The van der Waals surface area contributed by atoms with Gasteiger partial charge in [-0.2, -0.15) is 0 Å². The molecular weight excluding hydrogens is 252 g/mol. The second-order valence-corrected chi connectivity index (χ2v) is 7.23. The average Bonchev–Trinajstić information content (AvgIpc) is 2.89. The van der Waals surface area contributed by atoms with Crippen molar-refractivity contribution in [3.63, 3.8) is 0 Å². The smallest absolute Gasteiger partial charge is 0.239 e. The number of rotatable bonds is 3. The lowest BCUT2D eigenvalue weighted by atomic mass is 9.84. The van der Waals surface area contributed by atoms with E-state index >= 15 is 0 Å². The lowest BCUT2D eigenvalue weighted by molar-refractivity contribution is -0.157. The van der Waals surface area contributed by atoms with Crippen LogP contribution in [0.15, 0.2) is 0 Å². The van der Waals surface area contributed by atoms with Gasteiger partial charge in [0.15, 0.2) is 0 Å². The molecular formula is C16H26N2O2. The monoisotopic (exact) mass is 278 g/mol. The van der Waals surface area contributed by atoms with Crippen molar-refractivity contribution in [2.75, 3.05) is 32.8 Å². The van der Waals surface area contributed by atoms with Gasteiger partial charge < -0.3 is 9.64 Å². The summed E-state index contributed by atoms with van der Waals surface area (Å²) < 4.78 is 5.33. The molecule has 1 amide bonds. The van der Waals surface area contributed by atoms with Gasteiger partial charge in [0.05, 0.1) is 25.3 Å².